The first-order valence-corrected chi connectivity index (χ1v) is 30.8. The van der Waals surface area contributed by atoms with Gasteiger partial charge in [0.2, 0.25) is 0 Å². The molecule has 0 aromatic heterocycles. The highest BCUT2D eigenvalue weighted by Crippen LogP contribution is 2.55. The summed E-state index contributed by atoms with van der Waals surface area (Å²) in [6, 6.07) is 53.1. The maximum atomic E-state index is 6.98. The van der Waals surface area contributed by atoms with Crippen LogP contribution in [-0.4, -0.2) is 54.9 Å². The summed E-state index contributed by atoms with van der Waals surface area (Å²) in [6.45, 7) is 35.2. The molecule has 8 heteroatoms. The summed E-state index contributed by atoms with van der Waals surface area (Å²) in [5, 5.41) is 0. The summed E-state index contributed by atoms with van der Waals surface area (Å²) in [5.74, 6) is 4.01. The van der Waals surface area contributed by atoms with Gasteiger partial charge < -0.3 is 37.9 Å². The smallest absolute Gasteiger partial charge is 0.127 e. The molecule has 0 fully saturated rings. The number of methoxy groups -OCH3 is 4. The SMILES string of the molecule is C=CCOc1cc(OC)c2cc1C(c1ccc(C(C)C)cc1)c1cc(c(OCC=C)cc1OCC=C)C(c1ccc(C(C)C)cc1)c1cc(c(OC)cc1OCC=C)C(c1ccc(C(C)C)cc1)c1cc(c(OC)cc1OC)C2c1ccc(C(C)C)cc1. The zero-order chi connectivity index (χ0) is 62.8. The van der Waals surface area contributed by atoms with Crippen molar-refractivity contribution in [3.8, 4) is 46.0 Å². The Morgan fingerprint density at radius 3 is 0.614 bits per heavy atom. The normalized spacial score (nSPS) is 15.4. The van der Waals surface area contributed by atoms with Gasteiger partial charge in [-0.05, 0) is 92.4 Å². The summed E-state index contributed by atoms with van der Waals surface area (Å²) in [4.78, 5) is 0. The molecule has 4 atom stereocenters. The summed E-state index contributed by atoms with van der Waals surface area (Å²) in [7, 11) is 6.91. The Hall–Kier alpha value is -8.88. The number of benzene rings is 8. The molecule has 8 nitrogen and oxygen atoms in total. The maximum absolute atomic E-state index is 6.98. The number of fused-ring (bicyclic) bond motifs is 8. The van der Waals surface area contributed by atoms with Crippen molar-refractivity contribution in [1.82, 2.24) is 0 Å². The molecule has 0 saturated carbocycles. The zero-order valence-electron chi connectivity index (χ0n) is 53.7. The van der Waals surface area contributed by atoms with Gasteiger partial charge in [-0.2, -0.15) is 0 Å². The quantitative estimate of drug-likeness (QED) is 0.0554. The van der Waals surface area contributed by atoms with Crippen molar-refractivity contribution in [2.45, 2.75) is 103 Å². The highest BCUT2D eigenvalue weighted by atomic mass is 16.5. The Labute approximate surface area is 524 Å². The third-order valence-corrected chi connectivity index (χ3v) is 17.1. The van der Waals surface area contributed by atoms with Crippen molar-refractivity contribution < 1.29 is 37.9 Å². The van der Waals surface area contributed by atoms with Crippen molar-refractivity contribution in [2.24, 2.45) is 0 Å². The maximum Gasteiger partial charge on any atom is 0.127 e. The van der Waals surface area contributed by atoms with Gasteiger partial charge in [-0.3, -0.25) is 0 Å². The molecule has 1 aliphatic carbocycles. The second-order valence-corrected chi connectivity index (χ2v) is 23.9. The van der Waals surface area contributed by atoms with Gasteiger partial charge in [0.1, 0.15) is 72.4 Å². The van der Waals surface area contributed by atoms with Crippen molar-refractivity contribution in [1.29, 1.82) is 0 Å². The number of hydrogen-bond acceptors (Lipinski definition) is 8. The van der Waals surface area contributed by atoms with Crippen molar-refractivity contribution >= 4 is 0 Å². The van der Waals surface area contributed by atoms with Crippen LogP contribution in [0.3, 0.4) is 0 Å². The second-order valence-electron chi connectivity index (χ2n) is 23.9. The van der Waals surface area contributed by atoms with Crippen LogP contribution in [0, 0.1) is 0 Å². The van der Waals surface area contributed by atoms with Crippen LogP contribution in [0.25, 0.3) is 0 Å². The predicted octanol–water partition coefficient (Wildman–Crippen LogP) is 19.5. The fourth-order valence-corrected chi connectivity index (χ4v) is 12.4. The Kier molecular flexibility index (Phi) is 20.8. The lowest BCUT2D eigenvalue weighted by molar-refractivity contribution is 0.337. The Bertz CT molecular complexity index is 3480. The van der Waals surface area contributed by atoms with Crippen molar-refractivity contribution in [3.63, 3.8) is 0 Å². The first-order valence-electron chi connectivity index (χ1n) is 30.8. The van der Waals surface area contributed by atoms with Crippen LogP contribution in [0.15, 0.2) is 196 Å². The van der Waals surface area contributed by atoms with E-state index in [4.69, 9.17) is 37.9 Å². The molecule has 4 unspecified atom stereocenters. The van der Waals surface area contributed by atoms with Crippen LogP contribution in [-0.2, 0) is 0 Å². The zero-order valence-corrected chi connectivity index (χ0v) is 53.7. The molecule has 0 radical (unpaired) electrons. The third-order valence-electron chi connectivity index (χ3n) is 17.1. The minimum atomic E-state index is -0.548. The second kappa shape index (κ2) is 28.8. The average molecular weight is 1180 g/mol. The number of ether oxygens (including phenoxy) is 8. The third kappa shape index (κ3) is 13.3. The van der Waals surface area contributed by atoms with Gasteiger partial charge in [0.15, 0.2) is 0 Å². The van der Waals surface area contributed by atoms with Gasteiger partial charge in [-0.1, -0.05) is 203 Å². The summed E-state index contributed by atoms with van der Waals surface area (Å²) < 4.78 is 54.4. The standard InChI is InChI=1S/C80H88O8/c1-17-37-85-73-46-71(83-15)63-42-65(73)79(59-33-25-55(26-34-59)51(9)10)67-44-68(76(88-40-20-4)48-75(67)87-39-19-3)80(60-35-27-56(28-36-60)52(11)12)66-43-64(72(84-16)47-74(66)86-38-18-2)78(58-31-23-54(24-32-58)50(7)8)62-41-61(69(81-13)45-70(62)82-14)77(63)57-29-21-53(22-30-57)49(5)6/h17-36,41-52,77-80H,1-4,37-40H2,5-16H3. The molecule has 456 valence electrons. The van der Waals surface area contributed by atoms with E-state index in [2.05, 4.69) is 203 Å². The first-order chi connectivity index (χ1) is 42.6. The molecule has 0 amide bonds. The van der Waals surface area contributed by atoms with Crippen LogP contribution in [0.1, 0.15) is 192 Å². The van der Waals surface area contributed by atoms with Gasteiger partial charge in [0.25, 0.3) is 0 Å². The molecule has 8 bridgehead atoms. The van der Waals surface area contributed by atoms with Crippen LogP contribution >= 0.6 is 0 Å². The average Bonchev–Trinajstić information content (AvgIpc) is 0.904. The van der Waals surface area contributed by atoms with Crippen LogP contribution < -0.4 is 37.9 Å². The highest BCUT2D eigenvalue weighted by Gasteiger charge is 2.37. The molecule has 0 aliphatic heterocycles. The van der Waals surface area contributed by atoms with E-state index in [1.165, 1.54) is 22.3 Å². The largest absolute Gasteiger partial charge is 0.496 e. The van der Waals surface area contributed by atoms with Crippen LogP contribution in [0.5, 0.6) is 46.0 Å². The highest BCUT2D eigenvalue weighted by molar-refractivity contribution is 5.68. The monoisotopic (exact) mass is 1180 g/mol. The van der Waals surface area contributed by atoms with Crippen LogP contribution in [0.4, 0.5) is 0 Å². The van der Waals surface area contributed by atoms with E-state index in [-0.39, 0.29) is 38.3 Å². The lowest BCUT2D eigenvalue weighted by Crippen LogP contribution is -2.17. The minimum absolute atomic E-state index is 0.217. The van der Waals surface area contributed by atoms with E-state index in [0.29, 0.717) is 57.8 Å². The van der Waals surface area contributed by atoms with Gasteiger partial charge in [-0.15, -0.1) is 0 Å². The van der Waals surface area contributed by atoms with Crippen molar-refractivity contribution in [3.05, 3.63) is 285 Å². The van der Waals surface area contributed by atoms with E-state index in [1.54, 1.807) is 52.7 Å². The molecule has 88 heavy (non-hydrogen) atoms. The van der Waals surface area contributed by atoms with E-state index >= 15 is 0 Å². The van der Waals surface area contributed by atoms with Gasteiger partial charge in [0.05, 0.1) is 28.4 Å². The molecular formula is C80H88O8. The van der Waals surface area contributed by atoms with Gasteiger partial charge in [-0.25, -0.2) is 0 Å². The van der Waals surface area contributed by atoms with Gasteiger partial charge in [0, 0.05) is 92.4 Å². The van der Waals surface area contributed by atoms with Gasteiger partial charge >= 0.3 is 0 Å². The molecule has 0 spiro atoms. The summed E-state index contributed by atoms with van der Waals surface area (Å²) in [5.41, 5.74) is 15.9. The predicted molar refractivity (Wildman–Crippen MR) is 361 cm³/mol. The van der Waals surface area contributed by atoms with E-state index in [9.17, 15) is 0 Å². The van der Waals surface area contributed by atoms with Crippen LogP contribution in [0.2, 0.25) is 0 Å². The van der Waals surface area contributed by atoms with E-state index in [0.717, 1.165) is 66.8 Å². The Morgan fingerprint density at radius 2 is 0.443 bits per heavy atom. The lowest BCUT2D eigenvalue weighted by Gasteiger charge is -2.32. The fraction of sp³-hybridized carbons (Fsp3) is 0.300. The Balaban J connectivity index is 1.59. The molecule has 8 aromatic carbocycles. The molecule has 0 N–H and O–H groups in total. The van der Waals surface area contributed by atoms with Crippen molar-refractivity contribution in [2.75, 3.05) is 54.9 Å². The lowest BCUT2D eigenvalue weighted by atomic mass is 9.74. The molecule has 9 rings (SSSR count). The van der Waals surface area contributed by atoms with E-state index in [1.807, 2.05) is 24.3 Å². The molecule has 0 heterocycles. The van der Waals surface area contributed by atoms with E-state index < -0.39 is 23.7 Å². The fourth-order valence-electron chi connectivity index (χ4n) is 12.4. The number of rotatable bonds is 24. The first kappa shape index (κ1) is 63.6. The minimum Gasteiger partial charge on any atom is -0.496 e. The topological polar surface area (TPSA) is 73.8 Å². The Morgan fingerprint density at radius 1 is 0.273 bits per heavy atom. The molecular weight excluding hydrogens is 1090 g/mol. The molecule has 8 aromatic rings. The molecule has 1 aliphatic rings. The summed E-state index contributed by atoms with van der Waals surface area (Å²) >= 11 is 0. The number of hydrogen-bond donors (Lipinski definition) is 0. The molecule has 0 saturated heterocycles. The summed E-state index contributed by atoms with van der Waals surface area (Å²) in [6.07, 6.45) is 7.10.